The predicted octanol–water partition coefficient (Wildman–Crippen LogP) is 1.73. The van der Waals surface area contributed by atoms with E-state index in [4.69, 9.17) is 5.73 Å². The lowest BCUT2D eigenvalue weighted by Crippen LogP contribution is -1.86. The molecule has 0 atom stereocenters. The Bertz CT molecular complexity index is 386. The highest BCUT2D eigenvalue weighted by atomic mass is 16.3. The Balaban J connectivity index is 2.96. The Morgan fingerprint density at radius 2 is 1.83 bits per heavy atom. The quantitative estimate of drug-likeness (QED) is 0.572. The standard InChI is InChI=1S/C10H7NO/c11-8-5-1-3-7-4-2-6-9(12)10(7)8/h1-4,12H,11H2. The lowest BCUT2D eigenvalue weighted by Gasteiger charge is -2.01. The molecule has 12 heavy (non-hydrogen) atoms. The van der Waals surface area contributed by atoms with E-state index in [0.717, 1.165) is 5.39 Å². The van der Waals surface area contributed by atoms with Crippen molar-refractivity contribution in [2.45, 2.75) is 0 Å². The highest BCUT2D eigenvalue weighted by molar-refractivity contribution is 5.96. The largest absolute Gasteiger partial charge is 0.507 e. The van der Waals surface area contributed by atoms with Crippen LogP contribution in [0.3, 0.4) is 0 Å². The van der Waals surface area contributed by atoms with Crippen LogP contribution in [0.15, 0.2) is 24.3 Å². The fourth-order valence-electron chi connectivity index (χ4n) is 1.22. The molecule has 2 heteroatoms. The molecule has 0 amide bonds. The summed E-state index contributed by atoms with van der Waals surface area (Å²) in [6.45, 7) is 0. The Hall–Kier alpha value is -1.70. The molecule has 58 valence electrons. The number of anilines is 1. The van der Waals surface area contributed by atoms with E-state index in [2.05, 4.69) is 12.1 Å². The summed E-state index contributed by atoms with van der Waals surface area (Å²) in [5.41, 5.74) is 6.08. The van der Waals surface area contributed by atoms with Crippen LogP contribution in [0.25, 0.3) is 10.8 Å². The fourth-order valence-corrected chi connectivity index (χ4v) is 1.22. The fraction of sp³-hybridized carbons (Fsp3) is 0. The number of fused-ring (bicyclic) bond motifs is 1. The van der Waals surface area contributed by atoms with Crippen LogP contribution >= 0.6 is 0 Å². The minimum Gasteiger partial charge on any atom is -0.507 e. The summed E-state index contributed by atoms with van der Waals surface area (Å²) in [7, 11) is 0. The first-order chi connectivity index (χ1) is 5.79. The number of nitrogens with two attached hydrogens (primary N) is 1. The summed E-state index contributed by atoms with van der Waals surface area (Å²) in [5, 5.41) is 10.9. The number of hydrogen-bond donors (Lipinski definition) is 2. The van der Waals surface area contributed by atoms with Crippen molar-refractivity contribution >= 4 is 16.5 Å². The van der Waals surface area contributed by atoms with Crippen LogP contribution in [0.4, 0.5) is 5.69 Å². The molecule has 0 heterocycles. The van der Waals surface area contributed by atoms with E-state index in [9.17, 15) is 5.11 Å². The van der Waals surface area contributed by atoms with Gasteiger partial charge in [0.25, 0.3) is 0 Å². The molecule has 0 aliphatic heterocycles. The number of aromatic hydroxyl groups is 1. The van der Waals surface area contributed by atoms with Crippen LogP contribution in [0.2, 0.25) is 0 Å². The molecular weight excluding hydrogens is 150 g/mol. The summed E-state index contributed by atoms with van der Waals surface area (Å²) in [6.07, 6.45) is 0. The highest BCUT2D eigenvalue weighted by Crippen LogP contribution is 2.28. The Morgan fingerprint density at radius 1 is 1.17 bits per heavy atom. The van der Waals surface area contributed by atoms with Gasteiger partial charge < -0.3 is 10.8 Å². The molecule has 2 rings (SSSR count). The van der Waals surface area contributed by atoms with Crippen LogP contribution in [0, 0.1) is 12.1 Å². The second kappa shape index (κ2) is 2.41. The predicted molar refractivity (Wildman–Crippen MR) is 47.7 cm³/mol. The Labute approximate surface area is 70.2 Å². The summed E-state index contributed by atoms with van der Waals surface area (Å²) in [5.74, 6) is 0.0850. The van der Waals surface area contributed by atoms with Crippen LogP contribution in [0.5, 0.6) is 5.75 Å². The average Bonchev–Trinajstić information content (AvgIpc) is 2.04. The molecular formula is C10H7NO. The zero-order valence-electron chi connectivity index (χ0n) is 6.33. The van der Waals surface area contributed by atoms with E-state index in [0.29, 0.717) is 11.1 Å². The minimum absolute atomic E-state index is 0.0850. The van der Waals surface area contributed by atoms with E-state index in [-0.39, 0.29) is 5.75 Å². The van der Waals surface area contributed by atoms with Crippen molar-refractivity contribution in [1.82, 2.24) is 0 Å². The molecule has 0 unspecified atom stereocenters. The summed E-state index contributed by atoms with van der Waals surface area (Å²) >= 11 is 0. The molecule has 3 N–H and O–H groups in total. The molecule has 0 saturated carbocycles. The molecule has 0 fully saturated rings. The van der Waals surface area contributed by atoms with Gasteiger partial charge in [-0.1, -0.05) is 18.2 Å². The van der Waals surface area contributed by atoms with Gasteiger partial charge in [-0.2, -0.15) is 0 Å². The molecule has 2 radical (unpaired) electrons. The van der Waals surface area contributed by atoms with Gasteiger partial charge in [-0.05, 0) is 11.5 Å². The number of nitrogen functional groups attached to an aromatic ring is 1. The van der Waals surface area contributed by atoms with Gasteiger partial charge in [0.2, 0.25) is 0 Å². The summed E-state index contributed by atoms with van der Waals surface area (Å²) < 4.78 is 0. The average molecular weight is 157 g/mol. The van der Waals surface area contributed by atoms with Gasteiger partial charge in [-0.15, -0.1) is 0 Å². The molecule has 0 bridgehead atoms. The topological polar surface area (TPSA) is 46.2 Å². The van der Waals surface area contributed by atoms with Crippen LogP contribution in [-0.2, 0) is 0 Å². The maximum atomic E-state index is 9.40. The van der Waals surface area contributed by atoms with Crippen molar-refractivity contribution in [2.24, 2.45) is 0 Å². The van der Waals surface area contributed by atoms with Crippen molar-refractivity contribution in [3.8, 4) is 5.75 Å². The normalized spacial score (nSPS) is 10.3. The van der Waals surface area contributed by atoms with Crippen molar-refractivity contribution in [2.75, 3.05) is 5.73 Å². The van der Waals surface area contributed by atoms with E-state index < -0.39 is 0 Å². The van der Waals surface area contributed by atoms with E-state index >= 15 is 0 Å². The van der Waals surface area contributed by atoms with Gasteiger partial charge in [0.1, 0.15) is 5.75 Å². The van der Waals surface area contributed by atoms with Crippen molar-refractivity contribution < 1.29 is 5.11 Å². The maximum Gasteiger partial charge on any atom is 0.133 e. The molecule has 2 nitrogen and oxygen atoms in total. The lowest BCUT2D eigenvalue weighted by molar-refractivity contribution is 0.480. The molecule has 2 aromatic rings. The molecule has 0 spiro atoms. The van der Waals surface area contributed by atoms with Crippen LogP contribution < -0.4 is 5.73 Å². The van der Waals surface area contributed by atoms with Gasteiger partial charge in [0.05, 0.1) is 5.69 Å². The Kier molecular flexibility index (Phi) is 1.40. The lowest BCUT2D eigenvalue weighted by atomic mass is 10.1. The SMILES string of the molecule is Nc1[c]ccc2cc[c]c(O)c12. The van der Waals surface area contributed by atoms with Crippen molar-refractivity contribution in [3.63, 3.8) is 0 Å². The van der Waals surface area contributed by atoms with Crippen molar-refractivity contribution in [1.29, 1.82) is 0 Å². The highest BCUT2D eigenvalue weighted by Gasteiger charge is 2.01. The number of phenolic OH excluding ortho intramolecular Hbond substituents is 1. The van der Waals surface area contributed by atoms with Gasteiger partial charge >= 0.3 is 0 Å². The van der Waals surface area contributed by atoms with E-state index in [1.54, 1.807) is 12.1 Å². The molecule has 0 aromatic heterocycles. The van der Waals surface area contributed by atoms with Crippen LogP contribution in [-0.4, -0.2) is 5.11 Å². The summed E-state index contributed by atoms with van der Waals surface area (Å²) in [4.78, 5) is 0. The number of phenols is 1. The summed E-state index contributed by atoms with van der Waals surface area (Å²) in [6, 6.07) is 12.6. The van der Waals surface area contributed by atoms with Crippen molar-refractivity contribution in [3.05, 3.63) is 36.4 Å². The molecule has 0 saturated heterocycles. The third-order valence-corrected chi connectivity index (χ3v) is 1.78. The smallest absolute Gasteiger partial charge is 0.133 e. The molecule has 0 aliphatic rings. The second-order valence-corrected chi connectivity index (χ2v) is 2.55. The van der Waals surface area contributed by atoms with E-state index in [1.807, 2.05) is 12.1 Å². The maximum absolute atomic E-state index is 9.40. The zero-order chi connectivity index (χ0) is 8.55. The van der Waals surface area contributed by atoms with Gasteiger partial charge in [0.15, 0.2) is 0 Å². The number of hydrogen-bond acceptors (Lipinski definition) is 2. The Morgan fingerprint density at radius 3 is 2.50 bits per heavy atom. The first-order valence-corrected chi connectivity index (χ1v) is 3.58. The third-order valence-electron chi connectivity index (χ3n) is 1.78. The van der Waals surface area contributed by atoms with Gasteiger partial charge in [-0.25, -0.2) is 0 Å². The first-order valence-electron chi connectivity index (χ1n) is 3.58. The number of rotatable bonds is 0. The van der Waals surface area contributed by atoms with Gasteiger partial charge in [-0.3, -0.25) is 0 Å². The van der Waals surface area contributed by atoms with Gasteiger partial charge in [0, 0.05) is 17.5 Å². The first kappa shape index (κ1) is 6.98. The molecule has 2 aromatic carbocycles. The zero-order valence-corrected chi connectivity index (χ0v) is 6.33. The monoisotopic (exact) mass is 157 g/mol. The molecule has 0 aliphatic carbocycles. The number of benzene rings is 2. The minimum atomic E-state index is 0.0850. The second-order valence-electron chi connectivity index (χ2n) is 2.55. The van der Waals surface area contributed by atoms with E-state index in [1.165, 1.54) is 0 Å². The van der Waals surface area contributed by atoms with Crippen LogP contribution in [0.1, 0.15) is 0 Å². The third kappa shape index (κ3) is 0.889.